The number of pyridine rings is 1. The van der Waals surface area contributed by atoms with E-state index in [-0.39, 0.29) is 10.8 Å². The van der Waals surface area contributed by atoms with Gasteiger partial charge in [0.1, 0.15) is 5.15 Å². The van der Waals surface area contributed by atoms with Gasteiger partial charge in [-0.3, -0.25) is 0 Å². The van der Waals surface area contributed by atoms with E-state index in [0.717, 1.165) is 0 Å². The maximum Gasteiger partial charge on any atom is 0.357 e. The van der Waals surface area contributed by atoms with Gasteiger partial charge in [0.2, 0.25) is 0 Å². The SMILES string of the molecule is COC(=O)c1nc(Cl)c(C)c(Cl)c1I. The van der Waals surface area contributed by atoms with E-state index < -0.39 is 5.97 Å². The van der Waals surface area contributed by atoms with Crippen LogP contribution in [0.4, 0.5) is 0 Å². The average Bonchev–Trinajstić information content (AvgIpc) is 2.19. The molecule has 0 fully saturated rings. The van der Waals surface area contributed by atoms with E-state index in [1.54, 1.807) is 6.92 Å². The Labute approximate surface area is 105 Å². The van der Waals surface area contributed by atoms with Crippen molar-refractivity contribution in [1.82, 2.24) is 4.98 Å². The van der Waals surface area contributed by atoms with Crippen LogP contribution in [0.3, 0.4) is 0 Å². The first-order valence-corrected chi connectivity index (χ1v) is 5.42. The summed E-state index contributed by atoms with van der Waals surface area (Å²) in [4.78, 5) is 15.1. The lowest BCUT2D eigenvalue weighted by Crippen LogP contribution is -2.08. The van der Waals surface area contributed by atoms with Gasteiger partial charge in [0.25, 0.3) is 0 Å². The van der Waals surface area contributed by atoms with Gasteiger partial charge in [-0.25, -0.2) is 9.78 Å². The molecule has 0 unspecified atom stereocenters. The lowest BCUT2D eigenvalue weighted by molar-refractivity contribution is 0.0592. The number of esters is 1. The molecule has 0 atom stereocenters. The van der Waals surface area contributed by atoms with Gasteiger partial charge in [-0.15, -0.1) is 0 Å². The Balaban J connectivity index is 3.40. The third-order valence-electron chi connectivity index (χ3n) is 1.63. The average molecular weight is 346 g/mol. The molecule has 0 aliphatic rings. The number of carbonyl (C=O) groups excluding carboxylic acids is 1. The van der Waals surface area contributed by atoms with Gasteiger partial charge in [0.05, 0.1) is 15.7 Å². The first-order chi connectivity index (χ1) is 6.49. The predicted octanol–water partition coefficient (Wildman–Crippen LogP) is 3.09. The minimum atomic E-state index is -0.543. The van der Waals surface area contributed by atoms with Gasteiger partial charge in [-0.1, -0.05) is 23.2 Å². The fourth-order valence-corrected chi connectivity index (χ4v) is 1.97. The van der Waals surface area contributed by atoms with Crippen molar-refractivity contribution in [2.75, 3.05) is 7.11 Å². The van der Waals surface area contributed by atoms with Crippen LogP contribution in [-0.2, 0) is 4.74 Å². The van der Waals surface area contributed by atoms with Crippen LogP contribution < -0.4 is 0 Å². The summed E-state index contributed by atoms with van der Waals surface area (Å²) in [5, 5.41) is 0.654. The van der Waals surface area contributed by atoms with Crippen LogP contribution >= 0.6 is 45.8 Å². The third kappa shape index (κ3) is 2.12. The van der Waals surface area contributed by atoms with E-state index in [0.29, 0.717) is 14.2 Å². The highest BCUT2D eigenvalue weighted by atomic mass is 127. The Morgan fingerprint density at radius 1 is 1.50 bits per heavy atom. The standard InChI is InChI=1S/C8H6Cl2INO2/c1-3-4(9)5(11)6(8(13)14-2)12-7(3)10/h1-2H3. The minimum absolute atomic E-state index is 0.147. The molecule has 3 nitrogen and oxygen atoms in total. The molecule has 0 aliphatic heterocycles. The van der Waals surface area contributed by atoms with E-state index in [2.05, 4.69) is 9.72 Å². The summed E-state index contributed by atoms with van der Waals surface area (Å²) >= 11 is 13.7. The van der Waals surface area contributed by atoms with E-state index in [1.807, 2.05) is 22.6 Å². The molecule has 0 saturated carbocycles. The number of halogens is 3. The molecule has 0 N–H and O–H groups in total. The quantitative estimate of drug-likeness (QED) is 0.446. The molecule has 14 heavy (non-hydrogen) atoms. The fourth-order valence-electron chi connectivity index (χ4n) is 0.822. The van der Waals surface area contributed by atoms with Crippen molar-refractivity contribution in [2.24, 2.45) is 0 Å². The normalized spacial score (nSPS) is 10.1. The van der Waals surface area contributed by atoms with E-state index in [1.165, 1.54) is 7.11 Å². The zero-order chi connectivity index (χ0) is 10.9. The zero-order valence-corrected chi connectivity index (χ0v) is 11.1. The molecule has 1 heterocycles. The van der Waals surface area contributed by atoms with Crippen molar-refractivity contribution < 1.29 is 9.53 Å². The molecule has 76 valence electrons. The molecular formula is C8H6Cl2INO2. The van der Waals surface area contributed by atoms with Crippen molar-refractivity contribution in [3.05, 3.63) is 25.0 Å². The van der Waals surface area contributed by atoms with Crippen molar-refractivity contribution in [3.63, 3.8) is 0 Å². The van der Waals surface area contributed by atoms with Crippen LogP contribution in [0, 0.1) is 10.5 Å². The van der Waals surface area contributed by atoms with Crippen molar-refractivity contribution in [1.29, 1.82) is 0 Å². The second kappa shape index (κ2) is 4.63. The first-order valence-electron chi connectivity index (χ1n) is 3.58. The summed E-state index contributed by atoms with van der Waals surface area (Å²) in [7, 11) is 1.28. The fraction of sp³-hybridized carbons (Fsp3) is 0.250. The third-order valence-corrected chi connectivity index (χ3v) is 3.84. The highest BCUT2D eigenvalue weighted by Gasteiger charge is 2.18. The van der Waals surface area contributed by atoms with Gasteiger partial charge in [-0.2, -0.15) is 0 Å². The smallest absolute Gasteiger partial charge is 0.357 e. The summed E-state index contributed by atoms with van der Waals surface area (Å²) in [6, 6.07) is 0. The van der Waals surface area contributed by atoms with Gasteiger partial charge in [0, 0.05) is 5.56 Å². The summed E-state index contributed by atoms with van der Waals surface area (Å²) < 4.78 is 5.10. The molecule has 1 rings (SSSR count). The van der Waals surface area contributed by atoms with Gasteiger partial charge >= 0.3 is 5.97 Å². The zero-order valence-electron chi connectivity index (χ0n) is 7.40. The predicted molar refractivity (Wildman–Crippen MR) is 63.1 cm³/mol. The lowest BCUT2D eigenvalue weighted by atomic mass is 10.3. The highest BCUT2D eigenvalue weighted by molar-refractivity contribution is 14.1. The molecule has 0 radical (unpaired) electrons. The number of hydrogen-bond donors (Lipinski definition) is 0. The van der Waals surface area contributed by atoms with Gasteiger partial charge < -0.3 is 4.74 Å². The van der Waals surface area contributed by atoms with Crippen LogP contribution in [-0.4, -0.2) is 18.1 Å². The largest absolute Gasteiger partial charge is 0.464 e. The molecule has 0 aliphatic carbocycles. The molecular weight excluding hydrogens is 340 g/mol. The van der Waals surface area contributed by atoms with Crippen molar-refractivity contribution >= 4 is 51.8 Å². The van der Waals surface area contributed by atoms with E-state index >= 15 is 0 Å². The highest BCUT2D eigenvalue weighted by Crippen LogP contribution is 2.29. The van der Waals surface area contributed by atoms with Crippen molar-refractivity contribution in [2.45, 2.75) is 6.92 Å². The molecule has 0 aromatic carbocycles. The molecule has 0 saturated heterocycles. The Morgan fingerprint density at radius 3 is 2.57 bits per heavy atom. The van der Waals surface area contributed by atoms with E-state index in [4.69, 9.17) is 23.2 Å². The number of nitrogens with zero attached hydrogens (tertiary/aromatic N) is 1. The van der Waals surface area contributed by atoms with E-state index in [9.17, 15) is 4.79 Å². The number of aromatic nitrogens is 1. The number of carbonyl (C=O) groups is 1. The Kier molecular flexibility index (Phi) is 3.97. The van der Waals surface area contributed by atoms with Crippen LogP contribution in [0.25, 0.3) is 0 Å². The van der Waals surface area contributed by atoms with Crippen LogP contribution in [0.2, 0.25) is 10.2 Å². The lowest BCUT2D eigenvalue weighted by Gasteiger charge is -2.07. The minimum Gasteiger partial charge on any atom is -0.464 e. The second-order valence-electron chi connectivity index (χ2n) is 2.50. The van der Waals surface area contributed by atoms with Gasteiger partial charge in [-0.05, 0) is 29.5 Å². The number of hydrogen-bond acceptors (Lipinski definition) is 3. The van der Waals surface area contributed by atoms with Crippen LogP contribution in [0.15, 0.2) is 0 Å². The Hall–Kier alpha value is -0.0700. The first kappa shape index (κ1) is 12.0. The number of methoxy groups -OCH3 is 1. The monoisotopic (exact) mass is 345 g/mol. The van der Waals surface area contributed by atoms with Crippen LogP contribution in [0.5, 0.6) is 0 Å². The topological polar surface area (TPSA) is 39.2 Å². The molecule has 6 heteroatoms. The second-order valence-corrected chi connectivity index (χ2v) is 4.31. The summed E-state index contributed by atoms with van der Waals surface area (Å²) in [5.74, 6) is -0.543. The van der Waals surface area contributed by atoms with Crippen LogP contribution in [0.1, 0.15) is 16.1 Å². The van der Waals surface area contributed by atoms with Gasteiger partial charge in [0.15, 0.2) is 5.69 Å². The Bertz CT molecular complexity index is 395. The maximum atomic E-state index is 11.2. The molecule has 1 aromatic heterocycles. The molecule has 1 aromatic rings. The summed E-state index contributed by atoms with van der Waals surface area (Å²) in [6.07, 6.45) is 0. The maximum absolute atomic E-state index is 11.2. The molecule has 0 amide bonds. The Morgan fingerprint density at radius 2 is 2.07 bits per heavy atom. The number of ether oxygens (including phenoxy) is 1. The molecule has 0 bridgehead atoms. The number of rotatable bonds is 1. The summed E-state index contributed by atoms with van der Waals surface area (Å²) in [6.45, 7) is 1.74. The van der Waals surface area contributed by atoms with Crippen molar-refractivity contribution in [3.8, 4) is 0 Å². The summed E-state index contributed by atoms with van der Waals surface area (Å²) in [5.41, 5.74) is 0.805. The molecule has 0 spiro atoms.